The van der Waals surface area contributed by atoms with Crippen LogP contribution in [-0.2, 0) is 31.2 Å². The van der Waals surface area contributed by atoms with Crippen LogP contribution in [0.3, 0.4) is 0 Å². The molecular weight excluding hydrogens is 562 g/mol. The van der Waals surface area contributed by atoms with Crippen molar-refractivity contribution in [3.63, 3.8) is 0 Å². The average molecular weight is 607 g/mol. The van der Waals surface area contributed by atoms with E-state index in [1.165, 1.54) is 25.1 Å². The molecule has 3 aromatic rings. The van der Waals surface area contributed by atoms with Gasteiger partial charge in [-0.15, -0.1) is 0 Å². The maximum Gasteiger partial charge on any atom is 0.264 e. The molecule has 2 aromatic heterocycles. The van der Waals surface area contributed by atoms with Crippen LogP contribution in [0.15, 0.2) is 24.5 Å². The molecule has 0 unspecified atom stereocenters. The highest BCUT2D eigenvalue weighted by Gasteiger charge is 2.35. The Labute approximate surface area is 258 Å². The average Bonchev–Trinajstić information content (AvgIpc) is 3.64. The number of carbonyl (C=O) groups is 1. The largest absolute Gasteiger partial charge is 0.338 e. The standard InChI is InChI=1S/C33H44F2N8O/c1-22(44)41-13-9-30-29(21-41)33(38-43(30)26-7-5-23(6-8-26)19-40-14-10-36-11-15-40)42-12-3-4-24-16-27(25-18-37-39(2)20-25)28(32(34)35)17-31(24)42/h16-18,20,23,26,32,36H,3-15,19,21H2,1-2H3. The summed E-state index contributed by atoms with van der Waals surface area (Å²) in [5, 5.41) is 13.0. The van der Waals surface area contributed by atoms with Crippen molar-refractivity contribution in [1.29, 1.82) is 0 Å². The number of piperazine rings is 1. The number of aryl methyl sites for hydroxylation is 2. The number of nitrogens with one attached hydrogen (secondary N) is 1. The maximum atomic E-state index is 14.5. The van der Waals surface area contributed by atoms with Crippen LogP contribution in [0.1, 0.15) is 73.9 Å². The topological polar surface area (TPSA) is 74.5 Å². The van der Waals surface area contributed by atoms with E-state index in [2.05, 4.69) is 24.9 Å². The first-order valence-electron chi connectivity index (χ1n) is 16.4. The van der Waals surface area contributed by atoms with Crippen LogP contribution in [-0.4, -0.2) is 81.1 Å². The third-order valence-corrected chi connectivity index (χ3v) is 10.3. The second-order valence-electron chi connectivity index (χ2n) is 13.1. The summed E-state index contributed by atoms with van der Waals surface area (Å²) in [5.41, 5.74) is 5.43. The molecule has 9 nitrogen and oxygen atoms in total. The summed E-state index contributed by atoms with van der Waals surface area (Å²) in [6, 6.07) is 3.94. The van der Waals surface area contributed by atoms with Gasteiger partial charge >= 0.3 is 0 Å². The summed E-state index contributed by atoms with van der Waals surface area (Å²) in [6.07, 6.45) is 7.91. The summed E-state index contributed by atoms with van der Waals surface area (Å²) >= 11 is 0. The van der Waals surface area contributed by atoms with Gasteiger partial charge in [0, 0.05) is 100 Å². The zero-order chi connectivity index (χ0) is 30.4. The van der Waals surface area contributed by atoms with E-state index in [9.17, 15) is 13.6 Å². The Balaban J connectivity index is 1.21. The molecule has 236 valence electrons. The van der Waals surface area contributed by atoms with Gasteiger partial charge < -0.3 is 20.0 Å². The second kappa shape index (κ2) is 12.2. The van der Waals surface area contributed by atoms with E-state index in [-0.39, 0.29) is 11.5 Å². The maximum absolute atomic E-state index is 14.5. The third kappa shape index (κ3) is 5.64. The number of anilines is 2. The predicted octanol–water partition coefficient (Wildman–Crippen LogP) is 4.85. The lowest BCUT2D eigenvalue weighted by atomic mass is 9.85. The number of hydrogen-bond acceptors (Lipinski definition) is 6. The van der Waals surface area contributed by atoms with E-state index < -0.39 is 6.43 Å². The zero-order valence-corrected chi connectivity index (χ0v) is 25.9. The number of amides is 1. The van der Waals surface area contributed by atoms with Crippen molar-refractivity contribution >= 4 is 17.4 Å². The first kappa shape index (κ1) is 29.4. The van der Waals surface area contributed by atoms with E-state index in [1.807, 2.05) is 11.0 Å². The molecule has 0 radical (unpaired) electrons. The molecular formula is C33H44F2N8O. The molecule has 1 saturated carbocycles. The Morgan fingerprint density at radius 1 is 1.07 bits per heavy atom. The molecule has 2 fully saturated rings. The van der Waals surface area contributed by atoms with Gasteiger partial charge in [0.1, 0.15) is 0 Å². The number of carbonyl (C=O) groups excluding carboxylic acids is 1. The van der Waals surface area contributed by atoms with Gasteiger partial charge in [0.15, 0.2) is 5.82 Å². The van der Waals surface area contributed by atoms with Crippen LogP contribution in [0.4, 0.5) is 20.3 Å². The summed E-state index contributed by atoms with van der Waals surface area (Å²) in [7, 11) is 1.80. The summed E-state index contributed by atoms with van der Waals surface area (Å²) in [4.78, 5) is 19.1. The highest BCUT2D eigenvalue weighted by Crippen LogP contribution is 2.44. The zero-order valence-electron chi connectivity index (χ0n) is 25.9. The lowest BCUT2D eigenvalue weighted by Gasteiger charge is -2.35. The number of fused-ring (bicyclic) bond motifs is 2. The Hall–Kier alpha value is -3.31. The molecule has 3 aliphatic heterocycles. The van der Waals surface area contributed by atoms with Crippen molar-refractivity contribution in [1.82, 2.24) is 34.7 Å². The van der Waals surface area contributed by atoms with Crippen LogP contribution in [0.2, 0.25) is 0 Å². The fraction of sp³-hybridized carbons (Fsp3) is 0.606. The minimum absolute atomic E-state index is 0.0186. The minimum atomic E-state index is -2.62. The second-order valence-corrected chi connectivity index (χ2v) is 13.1. The SMILES string of the molecule is CC(=O)N1CCc2c(c(N3CCCc4cc(-c5cnn(C)c5)c(C(F)F)cc43)nn2C2CCC(CN3CCNCC3)CC2)C1. The van der Waals surface area contributed by atoms with Gasteiger partial charge in [-0.2, -0.15) is 10.2 Å². The molecule has 44 heavy (non-hydrogen) atoms. The fourth-order valence-electron chi connectivity index (χ4n) is 7.91. The van der Waals surface area contributed by atoms with Gasteiger partial charge in [-0.05, 0) is 67.7 Å². The number of halogens is 2. The molecule has 1 aliphatic carbocycles. The summed E-state index contributed by atoms with van der Waals surface area (Å²) in [5.74, 6) is 1.62. The third-order valence-electron chi connectivity index (χ3n) is 10.3. The molecule has 5 heterocycles. The van der Waals surface area contributed by atoms with Crippen molar-refractivity contribution in [2.45, 2.75) is 70.9 Å². The fourth-order valence-corrected chi connectivity index (χ4v) is 7.91. The van der Waals surface area contributed by atoms with E-state index in [0.29, 0.717) is 36.8 Å². The van der Waals surface area contributed by atoms with Crippen LogP contribution in [0, 0.1) is 5.92 Å². The summed E-state index contributed by atoms with van der Waals surface area (Å²) < 4.78 is 33.0. The normalized spacial score (nSPS) is 22.8. The van der Waals surface area contributed by atoms with E-state index in [1.54, 1.807) is 37.1 Å². The predicted molar refractivity (Wildman–Crippen MR) is 166 cm³/mol. The molecule has 1 saturated heterocycles. The monoisotopic (exact) mass is 606 g/mol. The Morgan fingerprint density at radius 2 is 1.86 bits per heavy atom. The van der Waals surface area contributed by atoms with E-state index in [4.69, 9.17) is 5.10 Å². The van der Waals surface area contributed by atoms with Gasteiger partial charge in [-0.3, -0.25) is 14.2 Å². The van der Waals surface area contributed by atoms with Crippen LogP contribution < -0.4 is 10.2 Å². The first-order valence-corrected chi connectivity index (χ1v) is 16.4. The molecule has 4 aliphatic rings. The summed E-state index contributed by atoms with van der Waals surface area (Å²) in [6.45, 7) is 9.15. The first-order chi connectivity index (χ1) is 21.4. The van der Waals surface area contributed by atoms with Gasteiger partial charge in [0.25, 0.3) is 6.43 Å². The van der Waals surface area contributed by atoms with Crippen molar-refractivity contribution in [3.8, 4) is 11.1 Å². The van der Waals surface area contributed by atoms with Gasteiger partial charge in [-0.25, -0.2) is 8.78 Å². The van der Waals surface area contributed by atoms with Crippen LogP contribution in [0.25, 0.3) is 11.1 Å². The minimum Gasteiger partial charge on any atom is -0.338 e. The highest BCUT2D eigenvalue weighted by molar-refractivity contribution is 5.78. The number of alkyl halides is 2. The number of rotatable bonds is 6. The van der Waals surface area contributed by atoms with Gasteiger partial charge in [0.2, 0.25) is 5.91 Å². The van der Waals surface area contributed by atoms with Crippen molar-refractivity contribution in [2.24, 2.45) is 13.0 Å². The number of hydrogen-bond donors (Lipinski definition) is 1. The Kier molecular flexibility index (Phi) is 8.17. The smallest absolute Gasteiger partial charge is 0.264 e. The lowest BCUT2D eigenvalue weighted by Crippen LogP contribution is -2.45. The van der Waals surface area contributed by atoms with Gasteiger partial charge in [-0.1, -0.05) is 0 Å². The van der Waals surface area contributed by atoms with Crippen molar-refractivity contribution < 1.29 is 13.6 Å². The highest BCUT2D eigenvalue weighted by atomic mass is 19.3. The number of nitrogens with zero attached hydrogens (tertiary/aromatic N) is 7. The number of benzene rings is 1. The molecule has 11 heteroatoms. The Morgan fingerprint density at radius 3 is 2.57 bits per heavy atom. The quantitative estimate of drug-likeness (QED) is 0.433. The molecule has 1 amide bonds. The lowest BCUT2D eigenvalue weighted by molar-refractivity contribution is -0.129. The molecule has 1 N–H and O–H groups in total. The molecule has 0 bridgehead atoms. The molecule has 0 atom stereocenters. The number of aromatic nitrogens is 4. The van der Waals surface area contributed by atoms with Gasteiger partial charge in [0.05, 0.1) is 18.8 Å². The van der Waals surface area contributed by atoms with Crippen molar-refractivity contribution in [2.75, 3.05) is 50.7 Å². The van der Waals surface area contributed by atoms with Crippen LogP contribution in [0.5, 0.6) is 0 Å². The van der Waals surface area contributed by atoms with Crippen molar-refractivity contribution in [3.05, 3.63) is 46.9 Å². The molecule has 0 spiro atoms. The van der Waals surface area contributed by atoms with Crippen LogP contribution >= 0.6 is 0 Å². The molecule has 7 rings (SSSR count). The van der Waals surface area contributed by atoms with E-state index >= 15 is 0 Å². The molecule has 1 aromatic carbocycles. The van der Waals surface area contributed by atoms with E-state index in [0.717, 1.165) is 86.8 Å². The Bertz CT molecular complexity index is 1500.